The summed E-state index contributed by atoms with van der Waals surface area (Å²) in [5, 5.41) is 14.1. The van der Waals surface area contributed by atoms with Crippen molar-refractivity contribution in [1.29, 1.82) is 0 Å². The first-order chi connectivity index (χ1) is 16.5. The molecule has 1 atom stereocenters. The van der Waals surface area contributed by atoms with Crippen LogP contribution in [0.25, 0.3) is 22.3 Å². The quantitative estimate of drug-likeness (QED) is 0.318. The Bertz CT molecular complexity index is 1290. The first-order valence-electron chi connectivity index (χ1n) is 11.6. The van der Waals surface area contributed by atoms with E-state index >= 15 is 0 Å². The number of benzene rings is 2. The number of carbonyl (C=O) groups is 1. The van der Waals surface area contributed by atoms with Crippen LogP contribution in [0.5, 0.6) is 5.75 Å². The molecule has 1 unspecified atom stereocenters. The lowest BCUT2D eigenvalue weighted by molar-refractivity contribution is -0.119. The molecule has 1 amide bonds. The zero-order valence-corrected chi connectivity index (χ0v) is 20.4. The topological polar surface area (TPSA) is 84.8 Å². The number of thioether (sulfide) groups is 1. The van der Waals surface area contributed by atoms with Gasteiger partial charge in [0.25, 0.3) is 0 Å². The Morgan fingerprint density at radius 2 is 1.94 bits per heavy atom. The number of para-hydroxylation sites is 1. The number of rotatable bonds is 9. The Labute approximate surface area is 203 Å². The monoisotopic (exact) mass is 475 g/mol. The fourth-order valence-electron chi connectivity index (χ4n) is 4.27. The van der Waals surface area contributed by atoms with Crippen LogP contribution in [0.4, 0.5) is 0 Å². The number of ether oxygens (including phenoxy) is 1. The standard InChI is InChI=1S/C26H29N5O2S/c1-16(2)24(17-8-12-19(33-3)13-9-17)28-23(32)15-34-26-30-29-25(31(26)18-10-11-18)21-14-27-22-7-5-4-6-20(21)22/h4-9,12-14,16,18,24,27H,10-11,15H2,1-3H3,(H,28,32). The first kappa shape index (κ1) is 22.5. The molecule has 34 heavy (non-hydrogen) atoms. The summed E-state index contributed by atoms with van der Waals surface area (Å²) in [6, 6.07) is 16.4. The number of nitrogens with zero attached hydrogens (tertiary/aromatic N) is 3. The van der Waals surface area contributed by atoms with Crippen LogP contribution in [0.1, 0.15) is 44.3 Å². The summed E-state index contributed by atoms with van der Waals surface area (Å²) in [5.74, 6) is 2.20. The highest BCUT2D eigenvalue weighted by Gasteiger charge is 2.31. The van der Waals surface area contributed by atoms with Crippen molar-refractivity contribution >= 4 is 28.6 Å². The number of fused-ring (bicyclic) bond motifs is 1. The molecule has 0 spiro atoms. The second kappa shape index (κ2) is 9.54. The number of nitrogens with one attached hydrogen (secondary N) is 2. The third kappa shape index (κ3) is 4.55. The molecular formula is C26H29N5O2S. The SMILES string of the molecule is COc1ccc(C(NC(=O)CSc2nnc(-c3c[nH]c4ccccc34)n2C2CC2)C(C)C)cc1. The first-order valence-corrected chi connectivity index (χ1v) is 12.6. The molecule has 1 aliphatic carbocycles. The number of H-pyrrole nitrogens is 1. The Hall–Kier alpha value is -3.26. The summed E-state index contributed by atoms with van der Waals surface area (Å²) in [6.45, 7) is 4.22. The van der Waals surface area contributed by atoms with Crippen LogP contribution in [0, 0.1) is 5.92 Å². The van der Waals surface area contributed by atoms with Crippen molar-refractivity contribution in [1.82, 2.24) is 25.1 Å². The molecular weight excluding hydrogens is 446 g/mol. The van der Waals surface area contributed by atoms with Crippen molar-refractivity contribution in [3.05, 3.63) is 60.3 Å². The lowest BCUT2D eigenvalue weighted by atomic mass is 9.96. The van der Waals surface area contributed by atoms with E-state index in [0.29, 0.717) is 6.04 Å². The van der Waals surface area contributed by atoms with Crippen LogP contribution in [0.15, 0.2) is 59.9 Å². The van der Waals surface area contributed by atoms with Gasteiger partial charge in [0.1, 0.15) is 5.75 Å². The van der Waals surface area contributed by atoms with Crippen LogP contribution >= 0.6 is 11.8 Å². The molecule has 1 aliphatic rings. The minimum atomic E-state index is -0.0675. The van der Waals surface area contributed by atoms with Crippen LogP contribution < -0.4 is 10.1 Å². The molecule has 2 aromatic carbocycles. The van der Waals surface area contributed by atoms with E-state index in [1.807, 2.05) is 42.6 Å². The van der Waals surface area contributed by atoms with Gasteiger partial charge in [-0.15, -0.1) is 10.2 Å². The molecule has 1 saturated carbocycles. The lowest BCUT2D eigenvalue weighted by Gasteiger charge is -2.23. The highest BCUT2D eigenvalue weighted by atomic mass is 32.2. The van der Waals surface area contributed by atoms with Gasteiger partial charge in [-0.05, 0) is 42.5 Å². The predicted molar refractivity (Wildman–Crippen MR) is 135 cm³/mol. The summed E-state index contributed by atoms with van der Waals surface area (Å²) in [4.78, 5) is 16.2. The van der Waals surface area contributed by atoms with Gasteiger partial charge in [-0.2, -0.15) is 0 Å². The molecule has 4 aromatic rings. The van der Waals surface area contributed by atoms with E-state index in [1.165, 1.54) is 11.8 Å². The van der Waals surface area contributed by atoms with E-state index < -0.39 is 0 Å². The van der Waals surface area contributed by atoms with Crippen molar-refractivity contribution in [2.75, 3.05) is 12.9 Å². The van der Waals surface area contributed by atoms with Gasteiger partial charge < -0.3 is 15.0 Å². The highest BCUT2D eigenvalue weighted by Crippen LogP contribution is 2.42. The van der Waals surface area contributed by atoms with Gasteiger partial charge in [-0.25, -0.2) is 0 Å². The number of aromatic nitrogens is 4. The minimum Gasteiger partial charge on any atom is -0.497 e. The smallest absolute Gasteiger partial charge is 0.230 e. The molecule has 2 aromatic heterocycles. The van der Waals surface area contributed by atoms with Crippen molar-refractivity contribution in [2.45, 2.75) is 43.9 Å². The van der Waals surface area contributed by atoms with Crippen molar-refractivity contribution in [3.63, 3.8) is 0 Å². The van der Waals surface area contributed by atoms with Crippen LogP contribution in [0.3, 0.4) is 0 Å². The predicted octanol–water partition coefficient (Wildman–Crippen LogP) is 5.38. The van der Waals surface area contributed by atoms with Gasteiger partial charge in [-0.3, -0.25) is 9.36 Å². The van der Waals surface area contributed by atoms with Crippen molar-refractivity contribution in [3.8, 4) is 17.1 Å². The fraction of sp³-hybridized carbons (Fsp3) is 0.346. The Morgan fingerprint density at radius 3 is 2.65 bits per heavy atom. The molecule has 1 fully saturated rings. The molecule has 2 heterocycles. The van der Waals surface area contributed by atoms with E-state index in [9.17, 15) is 4.79 Å². The summed E-state index contributed by atoms with van der Waals surface area (Å²) >= 11 is 1.45. The molecule has 0 radical (unpaired) electrons. The Balaban J connectivity index is 1.31. The Morgan fingerprint density at radius 1 is 1.18 bits per heavy atom. The number of carbonyl (C=O) groups excluding carboxylic acids is 1. The average Bonchev–Trinajstić information content (AvgIpc) is 3.46. The summed E-state index contributed by atoms with van der Waals surface area (Å²) in [6.07, 6.45) is 4.22. The maximum Gasteiger partial charge on any atom is 0.230 e. The number of aromatic amines is 1. The molecule has 2 N–H and O–H groups in total. The fourth-order valence-corrected chi connectivity index (χ4v) is 5.09. The maximum atomic E-state index is 12.9. The molecule has 0 aliphatic heterocycles. The van der Waals surface area contributed by atoms with Crippen LogP contribution in [-0.2, 0) is 4.79 Å². The largest absolute Gasteiger partial charge is 0.497 e. The number of methoxy groups -OCH3 is 1. The number of hydrogen-bond acceptors (Lipinski definition) is 5. The van der Waals surface area contributed by atoms with E-state index in [0.717, 1.165) is 51.6 Å². The third-order valence-corrected chi connectivity index (χ3v) is 7.14. The maximum absolute atomic E-state index is 12.9. The second-order valence-corrected chi connectivity index (χ2v) is 9.95. The lowest BCUT2D eigenvalue weighted by Crippen LogP contribution is -2.33. The van der Waals surface area contributed by atoms with Gasteiger partial charge >= 0.3 is 0 Å². The molecule has 5 rings (SSSR count). The zero-order valence-electron chi connectivity index (χ0n) is 19.6. The minimum absolute atomic E-state index is 0.0153. The molecule has 0 bridgehead atoms. The normalized spacial score (nSPS) is 14.5. The molecule has 0 saturated heterocycles. The summed E-state index contributed by atoms with van der Waals surface area (Å²) < 4.78 is 7.46. The van der Waals surface area contributed by atoms with E-state index in [1.54, 1.807) is 7.11 Å². The van der Waals surface area contributed by atoms with E-state index in [4.69, 9.17) is 4.74 Å². The van der Waals surface area contributed by atoms with Crippen molar-refractivity contribution in [2.24, 2.45) is 5.92 Å². The van der Waals surface area contributed by atoms with Crippen LogP contribution in [0.2, 0.25) is 0 Å². The number of amides is 1. The highest BCUT2D eigenvalue weighted by molar-refractivity contribution is 7.99. The molecule has 8 heteroatoms. The van der Waals surface area contributed by atoms with E-state index in [2.05, 4.69) is 51.0 Å². The zero-order chi connectivity index (χ0) is 23.7. The van der Waals surface area contributed by atoms with Gasteiger partial charge in [0.15, 0.2) is 11.0 Å². The van der Waals surface area contributed by atoms with Gasteiger partial charge in [-0.1, -0.05) is 55.9 Å². The van der Waals surface area contributed by atoms with Gasteiger partial charge in [0.05, 0.1) is 18.9 Å². The third-order valence-electron chi connectivity index (χ3n) is 6.20. The summed E-state index contributed by atoms with van der Waals surface area (Å²) in [5.41, 5.74) is 3.19. The van der Waals surface area contributed by atoms with Gasteiger partial charge in [0, 0.05) is 28.7 Å². The van der Waals surface area contributed by atoms with Crippen LogP contribution in [-0.4, -0.2) is 38.5 Å². The number of hydrogen-bond donors (Lipinski definition) is 2. The van der Waals surface area contributed by atoms with Gasteiger partial charge in [0.2, 0.25) is 5.91 Å². The second-order valence-electron chi connectivity index (χ2n) is 9.01. The van der Waals surface area contributed by atoms with E-state index in [-0.39, 0.29) is 23.6 Å². The Kier molecular flexibility index (Phi) is 6.32. The summed E-state index contributed by atoms with van der Waals surface area (Å²) in [7, 11) is 1.65. The van der Waals surface area contributed by atoms with Crippen molar-refractivity contribution < 1.29 is 9.53 Å². The molecule has 176 valence electrons. The average molecular weight is 476 g/mol. The molecule has 7 nitrogen and oxygen atoms in total.